The zero-order chi connectivity index (χ0) is 22.2. The van der Waals surface area contributed by atoms with Crippen molar-refractivity contribution in [2.45, 2.75) is 31.7 Å². The lowest BCUT2D eigenvalue weighted by molar-refractivity contribution is 0.0601. The Labute approximate surface area is 184 Å². The van der Waals surface area contributed by atoms with Gasteiger partial charge in [-0.05, 0) is 55.2 Å². The molecule has 1 aliphatic heterocycles. The average molecular weight is 435 g/mol. The number of piperidine rings is 1. The molecule has 0 aliphatic carbocycles. The average Bonchev–Trinajstić information content (AvgIpc) is 3.38. The number of carbonyl (C=O) groups is 1. The van der Waals surface area contributed by atoms with Crippen molar-refractivity contribution >= 4 is 16.9 Å². The van der Waals surface area contributed by atoms with Gasteiger partial charge in [0.05, 0.1) is 5.39 Å². The molecule has 0 unspecified atom stereocenters. The number of aryl methyl sites for hydroxylation is 1. The molecule has 32 heavy (non-hydrogen) atoms. The van der Waals surface area contributed by atoms with E-state index in [4.69, 9.17) is 4.42 Å². The predicted octanol–water partition coefficient (Wildman–Crippen LogP) is 5.35. The van der Waals surface area contributed by atoms with Crippen molar-refractivity contribution in [2.75, 3.05) is 6.54 Å². The molecule has 1 saturated heterocycles. The largest absolute Gasteiger partial charge is 0.461 e. The van der Waals surface area contributed by atoms with E-state index in [9.17, 15) is 13.6 Å². The van der Waals surface area contributed by atoms with Gasteiger partial charge in [-0.25, -0.2) is 8.78 Å². The highest BCUT2D eigenvalue weighted by molar-refractivity contribution is 5.99. The summed E-state index contributed by atoms with van der Waals surface area (Å²) >= 11 is 0. The quantitative estimate of drug-likeness (QED) is 0.434. The van der Waals surface area contributed by atoms with Crippen LogP contribution in [0.1, 0.15) is 35.5 Å². The molecule has 4 aromatic rings. The molecule has 5 rings (SSSR count). The smallest absolute Gasteiger partial charge is 0.275 e. The molecule has 2 aromatic carbocycles. The van der Waals surface area contributed by atoms with Gasteiger partial charge < -0.3 is 9.32 Å². The molecule has 1 fully saturated rings. The van der Waals surface area contributed by atoms with Crippen molar-refractivity contribution in [2.24, 2.45) is 7.05 Å². The Balaban J connectivity index is 1.44. The van der Waals surface area contributed by atoms with Gasteiger partial charge in [-0.3, -0.25) is 9.48 Å². The SMILES string of the molecule is Cn1cc(-c2ccc(F)cc2)c(C(=O)N2CCCC[C@H]2Cc2cc3c(F)cccc3o2)n1. The van der Waals surface area contributed by atoms with Crippen LogP contribution in [-0.2, 0) is 13.5 Å². The number of likely N-dealkylation sites (tertiary alicyclic amines) is 1. The van der Waals surface area contributed by atoms with Crippen LogP contribution in [0.3, 0.4) is 0 Å². The molecule has 0 bridgehead atoms. The van der Waals surface area contributed by atoms with E-state index in [2.05, 4.69) is 5.10 Å². The molecule has 0 spiro atoms. The van der Waals surface area contributed by atoms with Gasteiger partial charge in [-0.15, -0.1) is 0 Å². The fourth-order valence-corrected chi connectivity index (χ4v) is 4.51. The van der Waals surface area contributed by atoms with Crippen LogP contribution in [0.25, 0.3) is 22.1 Å². The zero-order valence-corrected chi connectivity index (χ0v) is 17.7. The first-order chi connectivity index (χ1) is 15.5. The molecule has 0 radical (unpaired) electrons. The van der Waals surface area contributed by atoms with E-state index in [1.807, 2.05) is 4.90 Å². The van der Waals surface area contributed by atoms with Crippen molar-refractivity contribution in [3.05, 3.63) is 77.8 Å². The van der Waals surface area contributed by atoms with E-state index >= 15 is 0 Å². The molecule has 7 heteroatoms. The number of furan rings is 1. The first-order valence-corrected chi connectivity index (χ1v) is 10.8. The molecular weight excluding hydrogens is 412 g/mol. The molecule has 1 atom stereocenters. The van der Waals surface area contributed by atoms with E-state index in [0.717, 1.165) is 24.8 Å². The van der Waals surface area contributed by atoms with Gasteiger partial charge in [0.25, 0.3) is 5.91 Å². The number of nitrogens with zero attached hydrogens (tertiary/aromatic N) is 3. The summed E-state index contributed by atoms with van der Waals surface area (Å²) in [6.45, 7) is 0.623. The van der Waals surface area contributed by atoms with Crippen LogP contribution in [-0.4, -0.2) is 33.2 Å². The third-order valence-electron chi connectivity index (χ3n) is 6.07. The number of aromatic nitrogens is 2. The van der Waals surface area contributed by atoms with Crippen LogP contribution in [0.4, 0.5) is 8.78 Å². The van der Waals surface area contributed by atoms with Gasteiger partial charge >= 0.3 is 0 Å². The third kappa shape index (κ3) is 3.79. The minimum absolute atomic E-state index is 0.0667. The number of halogens is 2. The van der Waals surface area contributed by atoms with Crippen molar-refractivity contribution in [3.8, 4) is 11.1 Å². The van der Waals surface area contributed by atoms with Crippen LogP contribution in [0.5, 0.6) is 0 Å². The monoisotopic (exact) mass is 435 g/mol. The molecule has 0 saturated carbocycles. The summed E-state index contributed by atoms with van der Waals surface area (Å²) < 4.78 is 34.9. The van der Waals surface area contributed by atoms with Gasteiger partial charge in [0.15, 0.2) is 5.69 Å². The third-order valence-corrected chi connectivity index (χ3v) is 6.07. The molecule has 2 aromatic heterocycles. The minimum Gasteiger partial charge on any atom is -0.461 e. The fraction of sp³-hybridized carbons (Fsp3) is 0.280. The maximum Gasteiger partial charge on any atom is 0.275 e. The molecule has 3 heterocycles. The van der Waals surface area contributed by atoms with Gasteiger partial charge in [0, 0.05) is 37.8 Å². The fourth-order valence-electron chi connectivity index (χ4n) is 4.51. The molecule has 1 amide bonds. The van der Waals surface area contributed by atoms with Gasteiger partial charge in [-0.2, -0.15) is 5.10 Å². The lowest BCUT2D eigenvalue weighted by Gasteiger charge is -2.35. The zero-order valence-electron chi connectivity index (χ0n) is 17.7. The summed E-state index contributed by atoms with van der Waals surface area (Å²) in [7, 11) is 1.76. The first kappa shape index (κ1) is 20.4. The maximum absolute atomic E-state index is 14.1. The summed E-state index contributed by atoms with van der Waals surface area (Å²) in [6, 6.07) is 12.5. The highest BCUT2D eigenvalue weighted by atomic mass is 19.1. The highest BCUT2D eigenvalue weighted by Crippen LogP contribution is 2.30. The van der Waals surface area contributed by atoms with Crippen LogP contribution in [0.2, 0.25) is 0 Å². The maximum atomic E-state index is 14.1. The Morgan fingerprint density at radius 2 is 1.97 bits per heavy atom. The van der Waals surface area contributed by atoms with Crippen molar-refractivity contribution in [1.29, 1.82) is 0 Å². The van der Waals surface area contributed by atoms with E-state index in [-0.39, 0.29) is 23.6 Å². The summed E-state index contributed by atoms with van der Waals surface area (Å²) in [4.78, 5) is 15.4. The van der Waals surface area contributed by atoms with E-state index in [0.29, 0.717) is 41.0 Å². The highest BCUT2D eigenvalue weighted by Gasteiger charge is 2.31. The summed E-state index contributed by atoms with van der Waals surface area (Å²) in [5, 5.41) is 4.89. The molecule has 5 nitrogen and oxygen atoms in total. The van der Waals surface area contributed by atoms with Crippen molar-refractivity contribution in [1.82, 2.24) is 14.7 Å². The lowest BCUT2D eigenvalue weighted by Crippen LogP contribution is -2.45. The number of hydrogen-bond donors (Lipinski definition) is 0. The van der Waals surface area contributed by atoms with Crippen LogP contribution < -0.4 is 0 Å². The second-order valence-electron chi connectivity index (χ2n) is 8.29. The number of amides is 1. The Kier molecular flexibility index (Phi) is 5.25. The van der Waals surface area contributed by atoms with Gasteiger partial charge in [-0.1, -0.05) is 18.2 Å². The summed E-state index contributed by atoms with van der Waals surface area (Å²) in [6.07, 6.45) is 5.05. The second kappa shape index (κ2) is 8.22. The minimum atomic E-state index is -0.330. The Bertz CT molecular complexity index is 1280. The van der Waals surface area contributed by atoms with E-state index in [1.54, 1.807) is 48.3 Å². The standard InChI is InChI=1S/C25H23F2N3O2/c1-29-15-21(16-8-10-17(26)11-9-16)24(28-29)25(31)30-12-3-2-5-18(30)13-19-14-20-22(27)6-4-7-23(20)32-19/h4,6-11,14-15,18H,2-3,5,12-13H2,1H3/t18-/m0/s1. The van der Waals surface area contributed by atoms with E-state index in [1.165, 1.54) is 18.2 Å². The Hall–Kier alpha value is -3.48. The van der Waals surface area contributed by atoms with Gasteiger partial charge in [0.2, 0.25) is 0 Å². The first-order valence-electron chi connectivity index (χ1n) is 10.8. The number of hydrogen-bond acceptors (Lipinski definition) is 3. The molecular formula is C25H23F2N3O2. The second-order valence-corrected chi connectivity index (χ2v) is 8.29. The topological polar surface area (TPSA) is 51.3 Å². The number of carbonyl (C=O) groups excluding carboxylic acids is 1. The lowest BCUT2D eigenvalue weighted by atomic mass is 9.97. The van der Waals surface area contributed by atoms with E-state index < -0.39 is 0 Å². The number of rotatable bonds is 4. The normalized spacial score (nSPS) is 16.6. The molecule has 1 aliphatic rings. The molecule has 0 N–H and O–H groups in total. The predicted molar refractivity (Wildman–Crippen MR) is 117 cm³/mol. The Morgan fingerprint density at radius 3 is 2.75 bits per heavy atom. The van der Waals surface area contributed by atoms with Crippen LogP contribution >= 0.6 is 0 Å². The van der Waals surface area contributed by atoms with Crippen molar-refractivity contribution in [3.63, 3.8) is 0 Å². The summed E-state index contributed by atoms with van der Waals surface area (Å²) in [5.74, 6) is -0.137. The van der Waals surface area contributed by atoms with Gasteiger partial charge in [0.1, 0.15) is 23.0 Å². The Morgan fingerprint density at radius 1 is 1.16 bits per heavy atom. The summed E-state index contributed by atoms with van der Waals surface area (Å²) in [5.41, 5.74) is 2.27. The number of benzene rings is 2. The van der Waals surface area contributed by atoms with Crippen LogP contribution in [0.15, 0.2) is 59.1 Å². The molecule has 164 valence electrons. The van der Waals surface area contributed by atoms with Crippen LogP contribution in [0, 0.1) is 11.6 Å². The number of fused-ring (bicyclic) bond motifs is 1. The van der Waals surface area contributed by atoms with Crippen molar-refractivity contribution < 1.29 is 18.0 Å².